The maximum absolute atomic E-state index is 13.0. The predicted molar refractivity (Wildman–Crippen MR) is 165 cm³/mol. The summed E-state index contributed by atoms with van der Waals surface area (Å²) < 4.78 is 1.92. The first-order valence-corrected chi connectivity index (χ1v) is 15.9. The lowest BCUT2D eigenvalue weighted by atomic mass is 10.1. The monoisotopic (exact) mass is 589 g/mol. The molecule has 0 spiro atoms. The van der Waals surface area contributed by atoms with Crippen LogP contribution in [0.25, 0.3) is 16.2 Å². The van der Waals surface area contributed by atoms with Crippen molar-refractivity contribution in [2.75, 3.05) is 50.1 Å². The van der Waals surface area contributed by atoms with Gasteiger partial charge in [0.15, 0.2) is 10.9 Å². The van der Waals surface area contributed by atoms with Crippen LogP contribution in [-0.4, -0.2) is 81.7 Å². The number of fused-ring (bicyclic) bond motifs is 1. The number of anilines is 3. The number of hydrogen-bond acceptors (Lipinski definition) is 9. The van der Waals surface area contributed by atoms with Gasteiger partial charge in [0.25, 0.3) is 0 Å². The van der Waals surface area contributed by atoms with Crippen molar-refractivity contribution >= 4 is 49.7 Å². The number of likely N-dealkylation sites (tertiary alicyclic amines) is 1. The van der Waals surface area contributed by atoms with Gasteiger partial charge < -0.3 is 19.6 Å². The highest BCUT2D eigenvalue weighted by Gasteiger charge is 2.32. The van der Waals surface area contributed by atoms with Crippen molar-refractivity contribution in [1.29, 1.82) is 5.26 Å². The second-order valence-electron chi connectivity index (χ2n) is 10.9. The number of rotatable bonds is 6. The Morgan fingerprint density at radius 3 is 2.56 bits per heavy atom. The highest BCUT2D eigenvalue weighted by atomic mass is 32.1. The van der Waals surface area contributed by atoms with Gasteiger partial charge in [-0.2, -0.15) is 9.78 Å². The number of carbonyl (C=O) groups is 1. The van der Waals surface area contributed by atoms with Crippen LogP contribution in [0.15, 0.2) is 24.3 Å². The smallest absolute Gasteiger partial charge is 0.320 e. The Balaban J connectivity index is 1.28. The van der Waals surface area contributed by atoms with Crippen molar-refractivity contribution in [2.45, 2.75) is 52.0 Å². The number of carbonyl (C=O) groups excluding carboxylic acids is 1. The molecular weight excluding hydrogens is 555 g/mol. The molecule has 6 rings (SSSR count). The second kappa shape index (κ2) is 11.3. The molecule has 0 bridgehead atoms. The summed E-state index contributed by atoms with van der Waals surface area (Å²) in [5, 5.41) is 16.6. The van der Waals surface area contributed by atoms with Gasteiger partial charge in [-0.1, -0.05) is 59.4 Å². The standard InChI is InChI=1S/C29H35N9OS2/c1-5-22-25(35(4)26-32-24(23(17-30)40-26)20-12-10-19(2)11-13-20)38-27(31-22)41-28(33-38)37-16-8-9-21(18-37)34(3)29(39)36-14-6-7-15-36/h10-13,21H,5-9,14-16,18H2,1-4H3. The average molecular weight is 590 g/mol. The third-order valence-corrected chi connectivity index (χ3v) is 10.1. The van der Waals surface area contributed by atoms with E-state index in [4.69, 9.17) is 15.1 Å². The fourth-order valence-corrected chi connectivity index (χ4v) is 7.53. The molecule has 5 heterocycles. The topological polar surface area (TPSA) is 96.9 Å². The van der Waals surface area contributed by atoms with Crippen molar-refractivity contribution in [3.05, 3.63) is 40.4 Å². The zero-order valence-corrected chi connectivity index (χ0v) is 25.6. The van der Waals surface area contributed by atoms with Gasteiger partial charge in [0.05, 0.1) is 11.7 Å². The lowest BCUT2D eigenvalue weighted by Gasteiger charge is -2.38. The molecule has 10 nitrogen and oxygen atoms in total. The molecule has 2 saturated heterocycles. The maximum atomic E-state index is 13.0. The van der Waals surface area contributed by atoms with Crippen LogP contribution >= 0.6 is 22.7 Å². The van der Waals surface area contributed by atoms with E-state index in [1.807, 2.05) is 64.5 Å². The number of thiazole rings is 1. The van der Waals surface area contributed by atoms with Crippen molar-refractivity contribution in [1.82, 2.24) is 29.4 Å². The largest absolute Gasteiger partial charge is 0.345 e. The highest BCUT2D eigenvalue weighted by molar-refractivity contribution is 7.20. The molecule has 1 unspecified atom stereocenters. The number of aryl methyl sites for hydroxylation is 2. The number of hydrogen-bond donors (Lipinski definition) is 0. The number of piperidine rings is 1. The molecule has 0 radical (unpaired) electrons. The summed E-state index contributed by atoms with van der Waals surface area (Å²) in [5.74, 6) is 0.869. The quantitative estimate of drug-likeness (QED) is 0.291. The van der Waals surface area contributed by atoms with E-state index in [1.54, 1.807) is 11.3 Å². The zero-order valence-electron chi connectivity index (χ0n) is 24.0. The molecule has 214 valence electrons. The van der Waals surface area contributed by atoms with Crippen molar-refractivity contribution in [3.8, 4) is 17.3 Å². The molecule has 1 aromatic carbocycles. The molecule has 2 aliphatic heterocycles. The van der Waals surface area contributed by atoms with E-state index >= 15 is 0 Å². The van der Waals surface area contributed by atoms with Gasteiger partial charge in [-0.3, -0.25) is 0 Å². The lowest BCUT2D eigenvalue weighted by molar-refractivity contribution is 0.150. The average Bonchev–Trinajstić information content (AvgIpc) is 3.80. The second-order valence-corrected chi connectivity index (χ2v) is 12.8. The number of amides is 2. The molecule has 3 aromatic heterocycles. The molecular formula is C29H35N9OS2. The van der Waals surface area contributed by atoms with Crippen LogP contribution in [0, 0.1) is 18.3 Å². The van der Waals surface area contributed by atoms with Crippen molar-refractivity contribution in [3.63, 3.8) is 0 Å². The molecule has 2 amide bonds. The summed E-state index contributed by atoms with van der Waals surface area (Å²) in [7, 11) is 3.91. The van der Waals surface area contributed by atoms with Crippen molar-refractivity contribution < 1.29 is 4.79 Å². The molecule has 41 heavy (non-hydrogen) atoms. The Morgan fingerprint density at radius 1 is 1.10 bits per heavy atom. The number of likely N-dealkylation sites (N-methyl/N-ethyl adjacent to an activating group) is 1. The molecule has 2 fully saturated rings. The number of imidazole rings is 1. The zero-order chi connectivity index (χ0) is 28.7. The first kappa shape index (κ1) is 27.5. The summed E-state index contributed by atoms with van der Waals surface area (Å²) in [4.78, 5) is 32.5. The van der Waals surface area contributed by atoms with Gasteiger partial charge in [-0.05, 0) is 39.0 Å². The fraction of sp³-hybridized carbons (Fsp3) is 0.483. The van der Waals surface area contributed by atoms with Gasteiger partial charge in [0.2, 0.25) is 10.1 Å². The Bertz CT molecular complexity index is 1590. The van der Waals surface area contributed by atoms with Gasteiger partial charge in [0, 0.05) is 45.8 Å². The molecule has 1 atom stereocenters. The molecule has 0 aliphatic carbocycles. The first-order chi connectivity index (χ1) is 19.9. The molecule has 0 saturated carbocycles. The first-order valence-electron chi connectivity index (χ1n) is 14.2. The Kier molecular flexibility index (Phi) is 7.57. The van der Waals surface area contributed by atoms with E-state index in [1.165, 1.54) is 16.9 Å². The normalized spacial score (nSPS) is 17.3. The van der Waals surface area contributed by atoms with Crippen LogP contribution in [0.5, 0.6) is 0 Å². The van der Waals surface area contributed by atoms with E-state index in [0.717, 1.165) is 90.6 Å². The minimum Gasteiger partial charge on any atom is -0.345 e. The summed E-state index contributed by atoms with van der Waals surface area (Å²) in [5.41, 5.74) is 3.74. The van der Waals surface area contributed by atoms with E-state index in [-0.39, 0.29) is 12.1 Å². The minimum atomic E-state index is 0.144. The maximum Gasteiger partial charge on any atom is 0.320 e. The highest BCUT2D eigenvalue weighted by Crippen LogP contribution is 2.38. The predicted octanol–water partition coefficient (Wildman–Crippen LogP) is 5.54. The number of urea groups is 1. The number of nitrogens with zero attached hydrogens (tertiary/aromatic N) is 9. The molecule has 4 aromatic rings. The summed E-state index contributed by atoms with van der Waals surface area (Å²) in [6.07, 6.45) is 4.95. The van der Waals surface area contributed by atoms with Crippen molar-refractivity contribution in [2.24, 2.45) is 0 Å². The van der Waals surface area contributed by atoms with Gasteiger partial charge in [0.1, 0.15) is 16.6 Å². The van der Waals surface area contributed by atoms with Crippen LogP contribution in [0.1, 0.15) is 48.7 Å². The third-order valence-electron chi connectivity index (χ3n) is 8.11. The van der Waals surface area contributed by atoms with Crippen LogP contribution in [0.3, 0.4) is 0 Å². The SMILES string of the molecule is CCc1nc2sc(N3CCCC(N(C)C(=O)N4CCCC4)C3)nn2c1N(C)c1nc(-c2ccc(C)cc2)c(C#N)s1. The third kappa shape index (κ3) is 5.13. The van der Waals surface area contributed by atoms with Gasteiger partial charge >= 0.3 is 6.03 Å². The Labute approximate surface area is 248 Å². The number of nitriles is 1. The van der Waals surface area contributed by atoms with E-state index in [0.29, 0.717) is 10.6 Å². The van der Waals surface area contributed by atoms with Crippen LogP contribution in [0.4, 0.5) is 20.9 Å². The number of benzene rings is 1. The van der Waals surface area contributed by atoms with Gasteiger partial charge in [-0.15, -0.1) is 5.10 Å². The van der Waals surface area contributed by atoms with E-state index < -0.39 is 0 Å². The van der Waals surface area contributed by atoms with Crippen LogP contribution < -0.4 is 9.80 Å². The summed E-state index contributed by atoms with van der Waals surface area (Å²) in [6.45, 7) is 7.53. The fourth-order valence-electron chi connectivity index (χ4n) is 5.73. The van der Waals surface area contributed by atoms with E-state index in [2.05, 4.69) is 17.9 Å². The van der Waals surface area contributed by atoms with E-state index in [9.17, 15) is 10.1 Å². The minimum absolute atomic E-state index is 0.144. The molecule has 12 heteroatoms. The van der Waals surface area contributed by atoms with Crippen LogP contribution in [-0.2, 0) is 6.42 Å². The Morgan fingerprint density at radius 2 is 1.85 bits per heavy atom. The molecule has 0 N–H and O–H groups in total. The number of aromatic nitrogens is 4. The molecule has 2 aliphatic rings. The summed E-state index contributed by atoms with van der Waals surface area (Å²) in [6, 6.07) is 10.7. The summed E-state index contributed by atoms with van der Waals surface area (Å²) >= 11 is 2.96. The lowest BCUT2D eigenvalue weighted by Crippen LogP contribution is -2.52. The Hall–Kier alpha value is -3.69. The van der Waals surface area contributed by atoms with Crippen LogP contribution in [0.2, 0.25) is 0 Å². The van der Waals surface area contributed by atoms with Gasteiger partial charge in [-0.25, -0.2) is 14.8 Å².